The molecular formula is C22H21ClN2O4S. The number of hydrogen-bond donors (Lipinski definition) is 1. The van der Waals surface area contributed by atoms with Crippen molar-refractivity contribution in [1.82, 2.24) is 5.32 Å². The summed E-state index contributed by atoms with van der Waals surface area (Å²) < 4.78 is 32.8. The molecule has 0 aliphatic heterocycles. The van der Waals surface area contributed by atoms with Crippen molar-refractivity contribution in [3.8, 4) is 5.75 Å². The molecule has 3 rings (SSSR count). The molecule has 0 aliphatic carbocycles. The van der Waals surface area contributed by atoms with Gasteiger partial charge in [-0.05, 0) is 42.5 Å². The molecule has 0 aromatic heterocycles. The van der Waals surface area contributed by atoms with Gasteiger partial charge in [-0.3, -0.25) is 9.10 Å². The third kappa shape index (κ3) is 5.11. The first-order valence-electron chi connectivity index (χ1n) is 9.14. The molecule has 0 saturated carbocycles. The molecule has 0 bridgehead atoms. The maximum absolute atomic E-state index is 13.2. The van der Waals surface area contributed by atoms with E-state index in [4.69, 9.17) is 16.3 Å². The molecule has 3 aromatic rings. The Labute approximate surface area is 181 Å². The molecule has 0 atom stereocenters. The first kappa shape index (κ1) is 21.7. The Morgan fingerprint density at radius 1 is 0.967 bits per heavy atom. The van der Waals surface area contributed by atoms with Crippen LogP contribution >= 0.6 is 11.6 Å². The van der Waals surface area contributed by atoms with Crippen molar-refractivity contribution >= 4 is 33.2 Å². The van der Waals surface area contributed by atoms with Gasteiger partial charge in [-0.1, -0.05) is 48.0 Å². The van der Waals surface area contributed by atoms with E-state index < -0.39 is 15.9 Å². The highest BCUT2D eigenvalue weighted by Crippen LogP contribution is 2.25. The number of carbonyl (C=O) groups excluding carboxylic acids is 1. The number of rotatable bonds is 8. The van der Waals surface area contributed by atoms with E-state index in [0.717, 1.165) is 9.87 Å². The quantitative estimate of drug-likeness (QED) is 0.572. The van der Waals surface area contributed by atoms with Gasteiger partial charge >= 0.3 is 0 Å². The third-order valence-corrected chi connectivity index (χ3v) is 6.44. The fraction of sp³-hybridized carbons (Fsp3) is 0.136. The minimum atomic E-state index is -3.95. The lowest BCUT2D eigenvalue weighted by Gasteiger charge is -2.24. The molecular weight excluding hydrogens is 424 g/mol. The van der Waals surface area contributed by atoms with Crippen LogP contribution < -0.4 is 14.4 Å². The smallest absolute Gasteiger partial charge is 0.264 e. The summed E-state index contributed by atoms with van der Waals surface area (Å²) in [5.41, 5.74) is 1.13. The van der Waals surface area contributed by atoms with E-state index in [1.807, 2.05) is 18.2 Å². The molecule has 0 unspecified atom stereocenters. The summed E-state index contributed by atoms with van der Waals surface area (Å²) in [6.07, 6.45) is 0. The zero-order valence-corrected chi connectivity index (χ0v) is 17.9. The first-order chi connectivity index (χ1) is 14.4. The lowest BCUT2D eigenvalue weighted by atomic mass is 10.2. The van der Waals surface area contributed by atoms with E-state index in [9.17, 15) is 13.2 Å². The maximum atomic E-state index is 13.2. The van der Waals surface area contributed by atoms with E-state index >= 15 is 0 Å². The van der Waals surface area contributed by atoms with Crippen molar-refractivity contribution in [2.45, 2.75) is 11.4 Å². The van der Waals surface area contributed by atoms with E-state index in [1.165, 1.54) is 12.1 Å². The van der Waals surface area contributed by atoms with E-state index in [-0.39, 0.29) is 18.0 Å². The van der Waals surface area contributed by atoms with Crippen LogP contribution in [0.4, 0.5) is 5.69 Å². The van der Waals surface area contributed by atoms with Crippen molar-refractivity contribution in [1.29, 1.82) is 0 Å². The molecule has 0 radical (unpaired) electrons. The van der Waals surface area contributed by atoms with Gasteiger partial charge in [0.2, 0.25) is 5.91 Å². The lowest BCUT2D eigenvalue weighted by Crippen LogP contribution is -2.40. The monoisotopic (exact) mass is 444 g/mol. The highest BCUT2D eigenvalue weighted by molar-refractivity contribution is 7.92. The van der Waals surface area contributed by atoms with E-state index in [0.29, 0.717) is 16.5 Å². The number of amides is 1. The third-order valence-electron chi connectivity index (χ3n) is 4.40. The van der Waals surface area contributed by atoms with Gasteiger partial charge in [0.1, 0.15) is 12.3 Å². The Morgan fingerprint density at radius 3 is 2.27 bits per heavy atom. The van der Waals surface area contributed by atoms with E-state index in [1.54, 1.807) is 55.6 Å². The molecule has 1 N–H and O–H groups in total. The summed E-state index contributed by atoms with van der Waals surface area (Å²) in [7, 11) is -2.40. The van der Waals surface area contributed by atoms with Gasteiger partial charge in [0.05, 0.1) is 17.7 Å². The van der Waals surface area contributed by atoms with Crippen LogP contribution in [0.25, 0.3) is 0 Å². The molecule has 6 nitrogen and oxygen atoms in total. The van der Waals surface area contributed by atoms with Crippen LogP contribution in [0.15, 0.2) is 83.8 Å². The highest BCUT2D eigenvalue weighted by atomic mass is 35.5. The van der Waals surface area contributed by atoms with Crippen LogP contribution in [0.3, 0.4) is 0 Å². The number of sulfonamides is 1. The second-order valence-electron chi connectivity index (χ2n) is 6.39. The number of carbonyl (C=O) groups is 1. The largest absolute Gasteiger partial charge is 0.496 e. The number of para-hydroxylation sites is 1. The molecule has 0 aliphatic rings. The van der Waals surface area contributed by atoms with Crippen molar-refractivity contribution < 1.29 is 17.9 Å². The van der Waals surface area contributed by atoms with E-state index in [2.05, 4.69) is 5.32 Å². The van der Waals surface area contributed by atoms with Gasteiger partial charge in [-0.25, -0.2) is 8.42 Å². The average Bonchev–Trinajstić information content (AvgIpc) is 2.77. The minimum Gasteiger partial charge on any atom is -0.496 e. The average molecular weight is 445 g/mol. The van der Waals surface area contributed by atoms with Gasteiger partial charge in [0.15, 0.2) is 0 Å². The zero-order chi connectivity index (χ0) is 21.6. The Balaban J connectivity index is 1.84. The van der Waals surface area contributed by atoms with Crippen molar-refractivity contribution in [3.05, 3.63) is 89.4 Å². The Morgan fingerprint density at radius 2 is 1.60 bits per heavy atom. The van der Waals surface area contributed by atoms with Gasteiger partial charge in [-0.2, -0.15) is 0 Å². The van der Waals surface area contributed by atoms with Gasteiger partial charge in [-0.15, -0.1) is 0 Å². The van der Waals surface area contributed by atoms with Gasteiger partial charge in [0, 0.05) is 17.1 Å². The molecule has 0 heterocycles. The molecule has 0 fully saturated rings. The summed E-state index contributed by atoms with van der Waals surface area (Å²) in [4.78, 5) is 12.8. The number of anilines is 1. The van der Waals surface area contributed by atoms with Crippen LogP contribution in [0.5, 0.6) is 5.75 Å². The van der Waals surface area contributed by atoms with Crippen molar-refractivity contribution in [2.24, 2.45) is 0 Å². The first-order valence-corrected chi connectivity index (χ1v) is 11.0. The van der Waals surface area contributed by atoms with Crippen LogP contribution in [0.2, 0.25) is 5.02 Å². The summed E-state index contributed by atoms with van der Waals surface area (Å²) in [5, 5.41) is 3.23. The molecule has 30 heavy (non-hydrogen) atoms. The normalized spacial score (nSPS) is 11.0. The number of ether oxygens (including phenoxy) is 1. The molecule has 8 heteroatoms. The standard InChI is InChI=1S/C22H21ClN2O4S/c1-29-21-10-6-5-7-17(21)15-24-22(26)16-25(19-13-11-18(23)12-14-19)30(27,28)20-8-3-2-4-9-20/h2-14H,15-16H2,1H3,(H,24,26). The summed E-state index contributed by atoms with van der Waals surface area (Å²) >= 11 is 5.94. The van der Waals surface area contributed by atoms with Gasteiger partial charge in [0.25, 0.3) is 10.0 Å². The number of methoxy groups -OCH3 is 1. The Bertz CT molecular complexity index is 1100. The van der Waals surface area contributed by atoms with Gasteiger partial charge < -0.3 is 10.1 Å². The second kappa shape index (κ2) is 9.65. The molecule has 0 spiro atoms. The fourth-order valence-electron chi connectivity index (χ4n) is 2.87. The molecule has 0 saturated heterocycles. The lowest BCUT2D eigenvalue weighted by molar-refractivity contribution is -0.119. The SMILES string of the molecule is COc1ccccc1CNC(=O)CN(c1ccc(Cl)cc1)S(=O)(=O)c1ccccc1. The molecule has 1 amide bonds. The second-order valence-corrected chi connectivity index (χ2v) is 8.69. The number of hydrogen-bond acceptors (Lipinski definition) is 4. The minimum absolute atomic E-state index is 0.0949. The summed E-state index contributed by atoms with van der Waals surface area (Å²) in [6, 6.07) is 21.6. The topological polar surface area (TPSA) is 75.7 Å². The number of nitrogens with one attached hydrogen (secondary N) is 1. The number of nitrogens with zero attached hydrogens (tertiary/aromatic N) is 1. The van der Waals surface area contributed by atoms with Crippen LogP contribution in [0.1, 0.15) is 5.56 Å². The summed E-state index contributed by atoms with van der Waals surface area (Å²) in [6.45, 7) is -0.170. The van der Waals surface area contributed by atoms with Crippen molar-refractivity contribution in [2.75, 3.05) is 18.0 Å². The van der Waals surface area contributed by atoms with Crippen LogP contribution in [-0.2, 0) is 21.4 Å². The summed E-state index contributed by atoms with van der Waals surface area (Å²) in [5.74, 6) is 0.194. The predicted octanol–water partition coefficient (Wildman–Crippen LogP) is 3.86. The van der Waals surface area contributed by atoms with Crippen LogP contribution in [0, 0.1) is 0 Å². The van der Waals surface area contributed by atoms with Crippen LogP contribution in [-0.4, -0.2) is 28.0 Å². The molecule has 156 valence electrons. The fourth-order valence-corrected chi connectivity index (χ4v) is 4.44. The van der Waals surface area contributed by atoms with Crippen molar-refractivity contribution in [3.63, 3.8) is 0 Å². The Hall–Kier alpha value is -3.03. The highest BCUT2D eigenvalue weighted by Gasteiger charge is 2.27. The number of benzene rings is 3. The maximum Gasteiger partial charge on any atom is 0.264 e. The number of halogens is 1. The molecule has 3 aromatic carbocycles. The Kier molecular flexibility index (Phi) is 6.97. The zero-order valence-electron chi connectivity index (χ0n) is 16.3. The predicted molar refractivity (Wildman–Crippen MR) is 117 cm³/mol.